The van der Waals surface area contributed by atoms with Crippen LogP contribution in [0.4, 0.5) is 0 Å². The van der Waals surface area contributed by atoms with Gasteiger partial charge in [-0.05, 0) is 49.4 Å². The summed E-state index contributed by atoms with van der Waals surface area (Å²) in [4.78, 5) is 11.2. The third-order valence-corrected chi connectivity index (χ3v) is 3.06. The Labute approximate surface area is 107 Å². The Morgan fingerprint density at radius 2 is 2.33 bits per heavy atom. The molecule has 0 radical (unpaired) electrons. The molecule has 0 heterocycles. The van der Waals surface area contributed by atoms with Crippen LogP contribution in [0.2, 0.25) is 0 Å². The number of aliphatic hydroxyl groups excluding tert-OH is 1. The first kappa shape index (κ1) is 12.9. The van der Waals surface area contributed by atoms with Gasteiger partial charge in [-0.2, -0.15) is 0 Å². The highest BCUT2D eigenvalue weighted by molar-refractivity contribution is 5.71. The molecule has 0 bridgehead atoms. The Morgan fingerprint density at radius 1 is 1.50 bits per heavy atom. The topological polar surface area (TPSA) is 55.8 Å². The van der Waals surface area contributed by atoms with Gasteiger partial charge in [0.2, 0.25) is 0 Å². The summed E-state index contributed by atoms with van der Waals surface area (Å²) >= 11 is 0. The van der Waals surface area contributed by atoms with Gasteiger partial charge in [-0.15, -0.1) is 0 Å². The molecule has 0 aliphatic heterocycles. The van der Waals surface area contributed by atoms with Crippen molar-refractivity contribution in [2.75, 3.05) is 13.2 Å². The lowest BCUT2D eigenvalue weighted by Crippen LogP contribution is -2.15. The van der Waals surface area contributed by atoms with Gasteiger partial charge in [0.15, 0.2) is 6.61 Å². The summed E-state index contributed by atoms with van der Waals surface area (Å²) in [5.41, 5.74) is 2.08. The van der Waals surface area contributed by atoms with Crippen LogP contribution in [0.3, 0.4) is 0 Å². The number of fused-ring (bicyclic) bond motifs is 1. The molecule has 1 aliphatic carbocycles. The van der Waals surface area contributed by atoms with Gasteiger partial charge in [0, 0.05) is 0 Å². The Morgan fingerprint density at radius 3 is 3.11 bits per heavy atom. The fourth-order valence-electron chi connectivity index (χ4n) is 2.19. The molecule has 18 heavy (non-hydrogen) atoms. The van der Waals surface area contributed by atoms with Gasteiger partial charge in [-0.1, -0.05) is 6.07 Å². The molecule has 2 rings (SSSR count). The van der Waals surface area contributed by atoms with E-state index in [0.717, 1.165) is 30.4 Å². The van der Waals surface area contributed by atoms with Crippen molar-refractivity contribution in [3.8, 4) is 5.75 Å². The molecule has 0 aromatic heterocycles. The summed E-state index contributed by atoms with van der Waals surface area (Å²) in [7, 11) is 0. The van der Waals surface area contributed by atoms with E-state index >= 15 is 0 Å². The van der Waals surface area contributed by atoms with Crippen molar-refractivity contribution in [3.05, 3.63) is 29.3 Å². The van der Waals surface area contributed by atoms with Crippen LogP contribution in [0.25, 0.3) is 0 Å². The third-order valence-electron chi connectivity index (χ3n) is 3.06. The fraction of sp³-hybridized carbons (Fsp3) is 0.500. The average Bonchev–Trinajstić information content (AvgIpc) is 2.37. The standard InChI is InChI=1S/C14H18O4/c1-2-17-14(16)9-18-11-7-6-10-4-3-5-13(15)12(10)8-11/h6-8,13,15H,2-5,9H2,1H3/t13-/m0/s1. The van der Waals surface area contributed by atoms with E-state index < -0.39 is 6.10 Å². The molecule has 1 aliphatic rings. The number of aryl methyl sites for hydroxylation is 1. The summed E-state index contributed by atoms with van der Waals surface area (Å²) in [6.07, 6.45) is 2.37. The zero-order valence-corrected chi connectivity index (χ0v) is 10.5. The minimum Gasteiger partial charge on any atom is -0.482 e. The molecule has 4 nitrogen and oxygen atoms in total. The van der Waals surface area contributed by atoms with Gasteiger partial charge in [0.1, 0.15) is 5.75 Å². The van der Waals surface area contributed by atoms with E-state index in [1.54, 1.807) is 6.92 Å². The zero-order valence-electron chi connectivity index (χ0n) is 10.5. The fourth-order valence-corrected chi connectivity index (χ4v) is 2.19. The third kappa shape index (κ3) is 3.01. The molecule has 0 saturated carbocycles. The highest BCUT2D eigenvalue weighted by Gasteiger charge is 2.18. The first-order chi connectivity index (χ1) is 8.70. The van der Waals surface area contributed by atoms with Gasteiger partial charge in [0.05, 0.1) is 12.7 Å². The second-order valence-electron chi connectivity index (χ2n) is 4.36. The van der Waals surface area contributed by atoms with Crippen molar-refractivity contribution in [3.63, 3.8) is 0 Å². The number of benzene rings is 1. The summed E-state index contributed by atoms with van der Waals surface area (Å²) in [6.45, 7) is 2.01. The number of rotatable bonds is 4. The van der Waals surface area contributed by atoms with Crippen LogP contribution >= 0.6 is 0 Å². The summed E-state index contributed by atoms with van der Waals surface area (Å²) in [5.74, 6) is 0.221. The van der Waals surface area contributed by atoms with Crippen molar-refractivity contribution in [1.29, 1.82) is 0 Å². The molecule has 0 amide bonds. The highest BCUT2D eigenvalue weighted by atomic mass is 16.6. The number of hydrogen-bond acceptors (Lipinski definition) is 4. The molecule has 0 unspecified atom stereocenters. The van der Waals surface area contributed by atoms with E-state index in [0.29, 0.717) is 12.4 Å². The number of carbonyl (C=O) groups excluding carboxylic acids is 1. The molecule has 1 atom stereocenters. The number of esters is 1. The number of hydrogen-bond donors (Lipinski definition) is 1. The molecular weight excluding hydrogens is 232 g/mol. The van der Waals surface area contributed by atoms with Crippen LogP contribution in [0, 0.1) is 0 Å². The van der Waals surface area contributed by atoms with Crippen molar-refractivity contribution < 1.29 is 19.4 Å². The van der Waals surface area contributed by atoms with E-state index in [2.05, 4.69) is 0 Å². The van der Waals surface area contributed by atoms with Crippen LogP contribution in [0.15, 0.2) is 18.2 Å². The van der Waals surface area contributed by atoms with E-state index in [9.17, 15) is 9.90 Å². The van der Waals surface area contributed by atoms with Crippen molar-refractivity contribution in [2.24, 2.45) is 0 Å². The maximum atomic E-state index is 11.2. The summed E-state index contributed by atoms with van der Waals surface area (Å²) in [6, 6.07) is 5.60. The van der Waals surface area contributed by atoms with Gasteiger partial charge in [-0.3, -0.25) is 0 Å². The molecular formula is C14H18O4. The molecule has 0 spiro atoms. The van der Waals surface area contributed by atoms with E-state index in [1.165, 1.54) is 0 Å². The molecule has 4 heteroatoms. The molecule has 1 aromatic carbocycles. The average molecular weight is 250 g/mol. The summed E-state index contributed by atoms with van der Waals surface area (Å²) < 4.78 is 10.1. The molecule has 1 N–H and O–H groups in total. The van der Waals surface area contributed by atoms with Crippen LogP contribution < -0.4 is 4.74 Å². The first-order valence-corrected chi connectivity index (χ1v) is 6.30. The van der Waals surface area contributed by atoms with Crippen LogP contribution in [0.5, 0.6) is 5.75 Å². The van der Waals surface area contributed by atoms with Crippen LogP contribution in [-0.4, -0.2) is 24.3 Å². The van der Waals surface area contributed by atoms with Gasteiger partial charge >= 0.3 is 5.97 Å². The predicted molar refractivity (Wildman–Crippen MR) is 66.5 cm³/mol. The molecule has 0 saturated heterocycles. The number of ether oxygens (including phenoxy) is 2. The quantitative estimate of drug-likeness (QED) is 0.830. The smallest absolute Gasteiger partial charge is 0.344 e. The lowest BCUT2D eigenvalue weighted by atomic mass is 9.89. The second-order valence-corrected chi connectivity index (χ2v) is 4.36. The number of carbonyl (C=O) groups is 1. The van der Waals surface area contributed by atoms with Gasteiger partial charge < -0.3 is 14.6 Å². The van der Waals surface area contributed by atoms with Crippen molar-refractivity contribution in [2.45, 2.75) is 32.3 Å². The van der Waals surface area contributed by atoms with Crippen molar-refractivity contribution >= 4 is 5.97 Å². The number of aliphatic hydroxyl groups is 1. The first-order valence-electron chi connectivity index (χ1n) is 6.30. The van der Waals surface area contributed by atoms with Gasteiger partial charge in [-0.25, -0.2) is 4.79 Å². The SMILES string of the molecule is CCOC(=O)COc1ccc2c(c1)[C@@H](O)CCC2. The highest BCUT2D eigenvalue weighted by Crippen LogP contribution is 2.32. The Kier molecular flexibility index (Phi) is 4.20. The van der Waals surface area contributed by atoms with Crippen molar-refractivity contribution in [1.82, 2.24) is 0 Å². The predicted octanol–water partition coefficient (Wildman–Crippen LogP) is 2.00. The normalized spacial score (nSPS) is 18.0. The molecule has 1 aromatic rings. The second kappa shape index (κ2) is 5.87. The van der Waals surface area contributed by atoms with E-state index in [4.69, 9.17) is 9.47 Å². The molecule has 0 fully saturated rings. The van der Waals surface area contributed by atoms with E-state index in [-0.39, 0.29) is 12.6 Å². The lowest BCUT2D eigenvalue weighted by Gasteiger charge is -2.21. The zero-order chi connectivity index (χ0) is 13.0. The van der Waals surface area contributed by atoms with Crippen LogP contribution in [-0.2, 0) is 16.0 Å². The Bertz CT molecular complexity index is 428. The minimum absolute atomic E-state index is 0.0945. The minimum atomic E-state index is -0.417. The Hall–Kier alpha value is -1.55. The largest absolute Gasteiger partial charge is 0.482 e. The van der Waals surface area contributed by atoms with Gasteiger partial charge in [0.25, 0.3) is 0 Å². The van der Waals surface area contributed by atoms with Crippen LogP contribution in [0.1, 0.15) is 37.0 Å². The Balaban J connectivity index is 2.02. The molecule has 98 valence electrons. The maximum Gasteiger partial charge on any atom is 0.344 e. The maximum absolute atomic E-state index is 11.2. The monoisotopic (exact) mass is 250 g/mol. The van der Waals surface area contributed by atoms with E-state index in [1.807, 2.05) is 18.2 Å². The lowest BCUT2D eigenvalue weighted by molar-refractivity contribution is -0.145. The summed E-state index contributed by atoms with van der Waals surface area (Å²) in [5, 5.41) is 9.90.